The van der Waals surface area contributed by atoms with Gasteiger partial charge in [0.05, 0.1) is 31.5 Å². The lowest BCUT2D eigenvalue weighted by molar-refractivity contribution is -0.274. The molecule has 0 aromatic heterocycles. The number of ether oxygens (including phenoxy) is 3. The summed E-state index contributed by atoms with van der Waals surface area (Å²) in [6, 6.07) is 1.51. The lowest BCUT2D eigenvalue weighted by Crippen LogP contribution is -2.59. The van der Waals surface area contributed by atoms with E-state index in [9.17, 15) is 37.1 Å². The summed E-state index contributed by atoms with van der Waals surface area (Å²) in [5, 5.41) is 7.97. The summed E-state index contributed by atoms with van der Waals surface area (Å²) in [5.41, 5.74) is 1.02. The van der Waals surface area contributed by atoms with Crippen LogP contribution in [-0.2, 0) is 33.5 Å². The number of alkyl carbamates (subject to hydrolysis) is 1. The van der Waals surface area contributed by atoms with E-state index < -0.39 is 77.0 Å². The predicted molar refractivity (Wildman–Crippen MR) is 173 cm³/mol. The van der Waals surface area contributed by atoms with Crippen LogP contribution < -0.4 is 26.2 Å². The van der Waals surface area contributed by atoms with Crippen LogP contribution in [0.3, 0.4) is 0 Å². The number of rotatable bonds is 12. The van der Waals surface area contributed by atoms with Gasteiger partial charge >= 0.3 is 12.5 Å². The van der Waals surface area contributed by atoms with Gasteiger partial charge in [-0.2, -0.15) is 0 Å². The number of nitrogens with zero attached hydrogens (tertiary/aromatic N) is 1. The first-order valence-corrected chi connectivity index (χ1v) is 17.0. The molecule has 1 spiro atoms. The van der Waals surface area contributed by atoms with Crippen molar-refractivity contribution in [3.05, 3.63) is 35.9 Å². The topological polar surface area (TPSA) is 174 Å². The van der Waals surface area contributed by atoms with Crippen molar-refractivity contribution in [1.29, 1.82) is 0 Å². The summed E-state index contributed by atoms with van der Waals surface area (Å²) in [7, 11) is 0. The van der Waals surface area contributed by atoms with Gasteiger partial charge in [-0.3, -0.25) is 29.5 Å². The molecule has 4 N–H and O–H groups in total. The Morgan fingerprint density at radius 1 is 1.10 bits per heavy atom. The molecule has 1 aromatic rings. The number of ketones is 1. The van der Waals surface area contributed by atoms with Gasteiger partial charge in [0.25, 0.3) is 5.91 Å². The molecule has 17 heteroatoms. The number of hydroxylamine groups is 1. The van der Waals surface area contributed by atoms with Crippen LogP contribution in [0.15, 0.2) is 30.3 Å². The van der Waals surface area contributed by atoms with E-state index in [-0.39, 0.29) is 43.3 Å². The zero-order chi connectivity index (χ0) is 37.1. The number of alkyl halides is 3. The van der Waals surface area contributed by atoms with Gasteiger partial charge in [-0.15, -0.1) is 13.2 Å². The molecule has 4 amide bonds. The molecule has 14 nitrogen and oxygen atoms in total. The Hall–Kier alpha value is -4.38. The van der Waals surface area contributed by atoms with Crippen molar-refractivity contribution in [1.82, 2.24) is 26.3 Å². The third kappa shape index (κ3) is 9.70. The van der Waals surface area contributed by atoms with Gasteiger partial charge in [0.2, 0.25) is 17.6 Å². The molecule has 0 unspecified atom stereocenters. The lowest BCUT2D eigenvalue weighted by Gasteiger charge is -2.35. The number of hydrogen-bond acceptors (Lipinski definition) is 10. The Morgan fingerprint density at radius 2 is 1.84 bits per heavy atom. The third-order valence-electron chi connectivity index (χ3n) is 8.97. The quantitative estimate of drug-likeness (QED) is 0.235. The minimum Gasteiger partial charge on any atom is -0.444 e. The highest BCUT2D eigenvalue weighted by atomic mass is 19.4. The molecule has 5 atom stereocenters. The van der Waals surface area contributed by atoms with Gasteiger partial charge in [-0.25, -0.2) is 4.79 Å². The third-order valence-corrected chi connectivity index (χ3v) is 8.97. The van der Waals surface area contributed by atoms with Crippen molar-refractivity contribution < 1.29 is 56.2 Å². The molecule has 3 fully saturated rings. The number of carbonyl (C=O) groups is 5. The van der Waals surface area contributed by atoms with Gasteiger partial charge in [0.15, 0.2) is 0 Å². The van der Waals surface area contributed by atoms with E-state index in [0.29, 0.717) is 19.4 Å². The first-order valence-electron chi connectivity index (χ1n) is 17.0. The van der Waals surface area contributed by atoms with Crippen molar-refractivity contribution >= 4 is 35.3 Å². The van der Waals surface area contributed by atoms with Crippen molar-refractivity contribution in [3.8, 4) is 5.75 Å². The molecule has 3 aliphatic heterocycles. The fraction of sp³-hybridized carbons (Fsp3) is 0.618. The van der Waals surface area contributed by atoms with Crippen LogP contribution in [-0.4, -0.2) is 96.5 Å². The van der Waals surface area contributed by atoms with Crippen LogP contribution in [0.4, 0.5) is 18.0 Å². The largest absolute Gasteiger partial charge is 0.573 e. The van der Waals surface area contributed by atoms with Crippen LogP contribution >= 0.6 is 0 Å². The number of nitrogens with one attached hydrogen (secondary N) is 4. The lowest BCUT2D eigenvalue weighted by atomic mass is 9.85. The Bertz CT molecular complexity index is 1540. The Balaban J connectivity index is 1.42. The number of benzene rings is 1. The minimum atomic E-state index is -4.91. The molecule has 51 heavy (non-hydrogen) atoms. The molecule has 0 radical (unpaired) electrons. The molecule has 1 aliphatic carbocycles. The SMILES string of the molecule is CCC[C@H](NC(=O)[C@@H]1C[C@@]2(C=C(c3cccc(OC(F)(F)F)c3)NO2)CN1C(=O)[C@@H](NC(=O)O[C@H]1CCOC1)C(C)(C)C)C(=O)C(=O)NC1CC1. The summed E-state index contributed by atoms with van der Waals surface area (Å²) >= 11 is 0. The fourth-order valence-electron chi connectivity index (χ4n) is 6.22. The maximum Gasteiger partial charge on any atom is 0.573 e. The second-order valence-corrected chi connectivity index (χ2v) is 14.4. The Morgan fingerprint density at radius 3 is 2.47 bits per heavy atom. The predicted octanol–water partition coefficient (Wildman–Crippen LogP) is 2.86. The normalized spacial score (nSPS) is 24.3. The average molecular weight is 724 g/mol. The standard InChI is InChI=1S/C34H44F3N5O9/c1-5-7-23(26(43)29(45)38-20-10-11-20)39-28(44)25-16-33(15-24(41-51-33)19-8-6-9-21(14-19)50-34(35,36)37)18-42(25)30(46)27(32(2,3)4)40-31(47)49-22-12-13-48-17-22/h6,8-9,14-15,20,22-23,25,27,41H,5,7,10-13,16-18H2,1-4H3,(H,38,45)(H,39,44)(H,40,47)/t22-,23-,25-,27+,33-/m0/s1. The Kier molecular flexibility index (Phi) is 11.2. The molecule has 0 bridgehead atoms. The number of hydrogen-bond donors (Lipinski definition) is 4. The summed E-state index contributed by atoms with van der Waals surface area (Å²) < 4.78 is 53.5. The van der Waals surface area contributed by atoms with Gasteiger partial charge < -0.3 is 35.1 Å². The molecule has 5 rings (SSSR count). The first kappa shape index (κ1) is 37.9. The number of likely N-dealkylation sites (tertiary alicyclic amines) is 1. The van der Waals surface area contributed by atoms with E-state index in [1.165, 1.54) is 17.0 Å². The molecule has 2 saturated heterocycles. The maximum absolute atomic E-state index is 14.4. The fourth-order valence-corrected chi connectivity index (χ4v) is 6.22. The second kappa shape index (κ2) is 15.1. The first-order chi connectivity index (χ1) is 24.0. The van der Waals surface area contributed by atoms with Crippen LogP contribution in [0.25, 0.3) is 5.70 Å². The van der Waals surface area contributed by atoms with Crippen molar-refractivity contribution in [3.63, 3.8) is 0 Å². The van der Waals surface area contributed by atoms with Crippen LogP contribution in [0.5, 0.6) is 5.75 Å². The highest BCUT2D eigenvalue weighted by molar-refractivity contribution is 6.38. The van der Waals surface area contributed by atoms with Gasteiger partial charge in [0.1, 0.15) is 29.5 Å². The van der Waals surface area contributed by atoms with Gasteiger partial charge in [-0.1, -0.05) is 46.2 Å². The Labute approximate surface area is 293 Å². The molecular weight excluding hydrogens is 679 g/mol. The van der Waals surface area contributed by atoms with Gasteiger partial charge in [-0.05, 0) is 42.9 Å². The average Bonchev–Trinajstić information content (AvgIpc) is 3.40. The van der Waals surface area contributed by atoms with Gasteiger partial charge in [0, 0.05) is 24.4 Å². The zero-order valence-electron chi connectivity index (χ0n) is 28.9. The van der Waals surface area contributed by atoms with Crippen molar-refractivity contribution in [2.75, 3.05) is 19.8 Å². The van der Waals surface area contributed by atoms with E-state index in [1.807, 2.05) is 0 Å². The summed E-state index contributed by atoms with van der Waals surface area (Å²) in [4.78, 5) is 74.4. The number of amides is 4. The minimum absolute atomic E-state index is 0.0781. The van der Waals surface area contributed by atoms with E-state index in [2.05, 4.69) is 26.2 Å². The molecule has 1 aromatic carbocycles. The van der Waals surface area contributed by atoms with Crippen LogP contribution in [0, 0.1) is 5.41 Å². The van der Waals surface area contributed by atoms with Crippen molar-refractivity contribution in [2.45, 2.75) is 108 Å². The number of carbonyl (C=O) groups excluding carboxylic acids is 5. The van der Waals surface area contributed by atoms with E-state index in [1.54, 1.807) is 33.8 Å². The van der Waals surface area contributed by atoms with E-state index >= 15 is 0 Å². The molecular formula is C34H44F3N5O9. The summed E-state index contributed by atoms with van der Waals surface area (Å²) in [6.07, 6.45) is -2.16. The highest BCUT2D eigenvalue weighted by Crippen LogP contribution is 2.39. The summed E-state index contributed by atoms with van der Waals surface area (Å²) in [5.74, 6) is -3.44. The summed E-state index contributed by atoms with van der Waals surface area (Å²) in [6.45, 7) is 7.41. The zero-order valence-corrected chi connectivity index (χ0v) is 28.9. The molecule has 1 saturated carbocycles. The highest BCUT2D eigenvalue weighted by Gasteiger charge is 2.54. The monoisotopic (exact) mass is 723 g/mol. The van der Waals surface area contributed by atoms with E-state index in [0.717, 1.165) is 25.0 Å². The van der Waals surface area contributed by atoms with Crippen LogP contribution in [0.2, 0.25) is 0 Å². The smallest absolute Gasteiger partial charge is 0.444 e. The number of Topliss-reactive ketones (excluding diaryl/α,β-unsaturated/α-hetero) is 1. The van der Waals surface area contributed by atoms with Crippen molar-refractivity contribution in [2.24, 2.45) is 5.41 Å². The molecule has 4 aliphatic rings. The number of halogens is 3. The molecule has 280 valence electrons. The maximum atomic E-state index is 14.4. The second-order valence-electron chi connectivity index (χ2n) is 14.4. The van der Waals surface area contributed by atoms with Crippen LogP contribution in [0.1, 0.15) is 71.8 Å². The molecule has 3 heterocycles. The van der Waals surface area contributed by atoms with E-state index in [4.69, 9.17) is 14.3 Å².